The monoisotopic (exact) mass is 431 g/mol. The third-order valence-electron chi connectivity index (χ3n) is 2.56. The Morgan fingerprint density at radius 2 is 2.00 bits per heavy atom. The van der Waals surface area contributed by atoms with E-state index in [1.807, 2.05) is 0 Å². The zero-order valence-corrected chi connectivity index (χ0v) is 11.4. The molecule has 0 saturated carbocycles. The molecule has 1 heterocycles. The van der Waals surface area contributed by atoms with Gasteiger partial charge in [0.15, 0.2) is 0 Å². The molecule has 1 nitrogen and oxygen atoms in total. The van der Waals surface area contributed by atoms with Gasteiger partial charge in [-0.1, -0.05) is 20.3 Å². The zero-order valence-electron chi connectivity index (χ0n) is 9.24. The number of hydrogen-bond acceptors (Lipinski definition) is 1. The van der Waals surface area contributed by atoms with E-state index in [1.54, 1.807) is 5.92 Å². The molecule has 1 atom stereocenters. The smallest absolute Gasteiger partial charge is 0 e. The molecule has 0 amide bonds. The van der Waals surface area contributed by atoms with Crippen LogP contribution in [-0.2, 0) is 0 Å². The predicted molar refractivity (Wildman–Crippen MR) is 55.8 cm³/mol. The summed E-state index contributed by atoms with van der Waals surface area (Å²) in [7, 11) is 0. The quantitative estimate of drug-likeness (QED) is 0.630. The molecule has 1 fully saturated rings. The van der Waals surface area contributed by atoms with Crippen LogP contribution >= 0.6 is 0 Å². The average Bonchev–Trinajstić information content (AvgIpc) is 2.13. The van der Waals surface area contributed by atoms with E-state index in [2.05, 4.69) is 26.1 Å². The van der Waals surface area contributed by atoms with E-state index >= 15 is 0 Å². The van der Waals surface area contributed by atoms with Crippen molar-refractivity contribution in [2.75, 3.05) is 6.54 Å². The summed E-state index contributed by atoms with van der Waals surface area (Å²) >= 11 is 0. The molecule has 0 spiro atoms. The molecule has 1 rings (SSSR count). The van der Waals surface area contributed by atoms with Crippen LogP contribution in [0, 0.1) is 19.3 Å². The summed E-state index contributed by atoms with van der Waals surface area (Å²) in [6.45, 7) is 8.11. The van der Waals surface area contributed by atoms with E-state index in [4.69, 9.17) is 0 Å². The number of rotatable bonds is 1. The van der Waals surface area contributed by atoms with Gasteiger partial charge in [-0.15, -0.1) is 0 Å². The fraction of sp³-hybridized carbons (Fsp3) is 0.818. The van der Waals surface area contributed by atoms with Crippen LogP contribution in [0.2, 0.25) is 0 Å². The van der Waals surface area contributed by atoms with E-state index < -0.39 is 0 Å². The minimum absolute atomic E-state index is 0. The first-order valence-corrected chi connectivity index (χ1v) is 4.75. The van der Waals surface area contributed by atoms with Gasteiger partial charge in [0.2, 0.25) is 0 Å². The molecule has 89 valence electrons. The maximum absolute atomic E-state index is 3.59. The first-order valence-electron chi connectivity index (χ1n) is 4.75. The van der Waals surface area contributed by atoms with Crippen molar-refractivity contribution in [3.63, 3.8) is 0 Å². The third kappa shape index (κ3) is 4.51. The maximum Gasteiger partial charge on any atom is 0 e. The van der Waals surface area contributed by atoms with E-state index in [-0.39, 0.29) is 7.43 Å². The fourth-order valence-corrected chi connectivity index (χ4v) is 1.70. The average molecular weight is 431 g/mol. The van der Waals surface area contributed by atoms with Gasteiger partial charge in [0.1, 0.15) is 0 Å². The number of hydrogen-bond donors (Lipinski definition) is 1. The van der Waals surface area contributed by atoms with Crippen molar-refractivity contribution in [3.8, 4) is 0 Å². The molecule has 1 radical (unpaired) electrons. The van der Waals surface area contributed by atoms with Gasteiger partial charge in [0, 0.05) is 0 Å². The Labute approximate surface area is 77.9 Å². The van der Waals surface area contributed by atoms with Crippen molar-refractivity contribution in [1.29, 1.82) is 0 Å². The van der Waals surface area contributed by atoms with Crippen LogP contribution in [0.4, 0.5) is 0 Å². The number of nitrogens with one attached hydrogen (secondary N) is 1. The van der Waals surface area contributed by atoms with Gasteiger partial charge in [0.05, 0.1) is 0 Å². The van der Waals surface area contributed by atoms with Gasteiger partial charge >= 0.3 is 0 Å². The normalized spacial score (nSPS) is 24.5. The van der Waals surface area contributed by atoms with E-state index in [0.29, 0.717) is 0 Å². The van der Waals surface area contributed by atoms with Crippen LogP contribution < -0.4 is 5.32 Å². The Balaban J connectivity index is 0. The molecular weight excluding hydrogens is 408 g/mol. The van der Waals surface area contributed by atoms with Crippen molar-refractivity contribution >= 4 is 0 Å². The Bertz CT molecular complexity index is 115. The predicted octanol–water partition coefficient (Wildman–Crippen LogP) is 2.83. The van der Waals surface area contributed by atoms with E-state index in [9.17, 15) is 0 Å². The first-order chi connectivity index (χ1) is 5.20. The molecule has 0 aliphatic carbocycles. The summed E-state index contributed by atoms with van der Waals surface area (Å²) in [6.07, 6.45) is 3.95. The summed E-state index contributed by atoms with van der Waals surface area (Å²) in [6, 6.07) is 0.734. The van der Waals surface area contributed by atoms with Crippen LogP contribution in [0.5, 0.6) is 0 Å². The fourth-order valence-electron chi connectivity index (χ4n) is 1.70. The summed E-state index contributed by atoms with van der Waals surface area (Å²) in [5.41, 5.74) is 0. The van der Waals surface area contributed by atoms with Crippen LogP contribution in [-0.4, -0.2) is 12.6 Å². The first kappa shape index (κ1) is 14.5. The molecule has 0 aromatic rings. The summed E-state index contributed by atoms with van der Waals surface area (Å²) in [5.74, 6) is 2.46. The molecule has 1 unspecified atom stereocenters. The van der Waals surface area contributed by atoms with Crippen LogP contribution in [0.25, 0.3) is 0 Å². The molecular formula is C11H23LrN-2. The van der Waals surface area contributed by atoms with Gasteiger partial charge in [0.25, 0.3) is 0 Å². The Morgan fingerprint density at radius 1 is 1.38 bits per heavy atom. The summed E-state index contributed by atoms with van der Waals surface area (Å²) in [5, 5.41) is 3.59. The minimum Gasteiger partial charge on any atom is -0.358 e. The SMILES string of the molecule is C[C-]1CCCNC(C(C)C)C1.[CH3-].[Lr]. The molecule has 0 aromatic carbocycles. The summed E-state index contributed by atoms with van der Waals surface area (Å²) in [4.78, 5) is 0. The van der Waals surface area contributed by atoms with Crippen molar-refractivity contribution < 1.29 is 0 Å². The minimum atomic E-state index is 0. The Kier molecular flexibility index (Phi) is 7.21. The molecule has 13 heavy (non-hydrogen) atoms. The van der Waals surface area contributed by atoms with Gasteiger partial charge in [-0.25, -0.2) is 0 Å². The molecule has 1 aliphatic heterocycles. The van der Waals surface area contributed by atoms with Gasteiger partial charge in [-0.2, -0.15) is 19.8 Å². The second kappa shape index (κ2) is 6.47. The largest absolute Gasteiger partial charge is 0.358 e. The zero-order chi connectivity index (χ0) is 8.27. The van der Waals surface area contributed by atoms with Crippen molar-refractivity contribution in [3.05, 3.63) is 13.3 Å². The standard InChI is InChI=1S/C10H20N.CH3.Lr/c1-8(2)10-7-9(3)5-4-6-11-10;;/h8,10-11H,4-7H2,1-3H3;1H3;/q2*-1;. The van der Waals surface area contributed by atoms with Crippen molar-refractivity contribution in [1.82, 2.24) is 5.32 Å². The Hall–Kier alpha value is -1.04. The van der Waals surface area contributed by atoms with Crippen molar-refractivity contribution in [2.24, 2.45) is 5.92 Å². The third-order valence-corrected chi connectivity index (χ3v) is 2.56. The molecule has 1 aliphatic rings. The maximum atomic E-state index is 3.59. The molecule has 0 bridgehead atoms. The molecule has 0 aromatic heterocycles. The molecule has 2 heteroatoms. The second-order valence-corrected chi connectivity index (χ2v) is 4.07. The van der Waals surface area contributed by atoms with Crippen LogP contribution in [0.1, 0.15) is 40.0 Å². The van der Waals surface area contributed by atoms with Crippen LogP contribution in [0.15, 0.2) is 0 Å². The van der Waals surface area contributed by atoms with E-state index in [0.717, 1.165) is 12.0 Å². The molecule has 1 saturated heterocycles. The Morgan fingerprint density at radius 3 is 2.54 bits per heavy atom. The molecule has 1 N–H and O–H groups in total. The topological polar surface area (TPSA) is 12.0 Å². The van der Waals surface area contributed by atoms with Crippen molar-refractivity contribution in [2.45, 2.75) is 46.1 Å². The van der Waals surface area contributed by atoms with Crippen LogP contribution in [0.3, 0.4) is 0 Å². The van der Waals surface area contributed by atoms with Gasteiger partial charge < -0.3 is 18.7 Å². The summed E-state index contributed by atoms with van der Waals surface area (Å²) < 4.78 is 0. The van der Waals surface area contributed by atoms with Gasteiger partial charge in [-0.05, 0) is 18.5 Å². The van der Waals surface area contributed by atoms with Gasteiger partial charge in [-0.3, -0.25) is 0 Å². The second-order valence-electron chi connectivity index (χ2n) is 4.07. The van der Waals surface area contributed by atoms with E-state index in [1.165, 1.54) is 25.8 Å².